The Bertz CT molecular complexity index is 9.65. The monoisotopic (exact) mass is 369 g/mol. The van der Waals surface area contributed by atoms with E-state index >= 15 is 0 Å². The van der Waals surface area contributed by atoms with Crippen LogP contribution in [0.2, 0.25) is 0 Å². The zero-order valence-electron chi connectivity index (χ0n) is 3.24. The summed E-state index contributed by atoms with van der Waals surface area (Å²) >= 11 is 0. The first-order valence-electron chi connectivity index (χ1n) is 0. The molecule has 7 heavy (non-hydrogen) atoms. The van der Waals surface area contributed by atoms with Gasteiger partial charge in [0.2, 0.25) is 0 Å². The zero-order valence-corrected chi connectivity index (χ0v) is 8.54. The summed E-state index contributed by atoms with van der Waals surface area (Å²) < 4.78 is 0. The summed E-state index contributed by atoms with van der Waals surface area (Å²) in [6.45, 7) is 0. The van der Waals surface area contributed by atoms with Crippen LogP contribution < -0.4 is 61.9 Å². The molecule has 0 unspecified atom stereocenters. The van der Waals surface area contributed by atoms with Crippen molar-refractivity contribution in [3.05, 3.63) is 0 Å². The number of halogens is 4. The maximum absolute atomic E-state index is 0. The number of hydrogen-bond donors (Lipinski definition) is 2. The molecule has 0 aliphatic carbocycles. The molecular formula is H6Cl4N2Pt-2. The second-order valence-corrected chi connectivity index (χ2v) is 0. The van der Waals surface area contributed by atoms with Gasteiger partial charge in [0.25, 0.3) is 0 Å². The second kappa shape index (κ2) is 114. The molecule has 0 aliphatic rings. The average molecular weight is 371 g/mol. The summed E-state index contributed by atoms with van der Waals surface area (Å²) in [5, 5.41) is 0. The van der Waals surface area contributed by atoms with E-state index in [-0.39, 0.29) is 83.0 Å². The van der Waals surface area contributed by atoms with Crippen LogP contribution in [0.15, 0.2) is 0 Å². The predicted octanol–water partition coefficient (Wildman–Crippen LogP) is -11.7. The third-order valence-corrected chi connectivity index (χ3v) is 0. The molecule has 0 saturated carbocycles. The first-order valence-corrected chi connectivity index (χ1v) is 0. The van der Waals surface area contributed by atoms with Crippen LogP contribution in [0.4, 0.5) is 0 Å². The van der Waals surface area contributed by atoms with Gasteiger partial charge in [0.15, 0.2) is 0 Å². The van der Waals surface area contributed by atoms with Gasteiger partial charge in [-0.15, -0.1) is 0 Å². The Hall–Kier alpha value is 1.77. The van der Waals surface area contributed by atoms with E-state index in [1.807, 2.05) is 0 Å². The molecule has 0 aromatic heterocycles. The topological polar surface area (TPSA) is 70.0 Å². The van der Waals surface area contributed by atoms with E-state index < -0.39 is 0 Å². The van der Waals surface area contributed by atoms with Gasteiger partial charge >= 0.3 is 21.1 Å². The molecule has 0 atom stereocenters. The van der Waals surface area contributed by atoms with E-state index in [1.165, 1.54) is 0 Å². The Morgan fingerprint density at radius 2 is 0.429 bits per heavy atom. The van der Waals surface area contributed by atoms with Crippen LogP contribution in [-0.2, 0) is 21.1 Å². The zero-order chi connectivity index (χ0) is 0. The molecule has 0 aliphatic heterocycles. The van der Waals surface area contributed by atoms with Crippen molar-refractivity contribution in [2.45, 2.75) is 0 Å². The quantitative estimate of drug-likeness (QED) is 0.444. The summed E-state index contributed by atoms with van der Waals surface area (Å²) in [5.41, 5.74) is 0. The predicted molar refractivity (Wildman–Crippen MR) is 10.0 cm³/mol. The molecule has 0 aromatic carbocycles. The summed E-state index contributed by atoms with van der Waals surface area (Å²) in [4.78, 5) is 0. The van der Waals surface area contributed by atoms with Crippen LogP contribution in [0.1, 0.15) is 0 Å². The Labute approximate surface area is 82.6 Å². The third kappa shape index (κ3) is 82.7. The van der Waals surface area contributed by atoms with Gasteiger partial charge in [-0.1, -0.05) is 0 Å². The first kappa shape index (κ1) is 169. The van der Waals surface area contributed by atoms with Gasteiger partial charge in [0, 0.05) is 0 Å². The number of rotatable bonds is 0. The Morgan fingerprint density at radius 3 is 0.429 bits per heavy atom. The van der Waals surface area contributed by atoms with Gasteiger partial charge in [-0.05, 0) is 0 Å². The molecule has 0 aromatic rings. The van der Waals surface area contributed by atoms with Crippen LogP contribution in [0.3, 0.4) is 0 Å². The average Bonchev–Trinajstić information content (AvgIpc) is 0. The molecule has 56 valence electrons. The molecule has 0 heterocycles. The second-order valence-electron chi connectivity index (χ2n) is 0. The van der Waals surface area contributed by atoms with Crippen molar-refractivity contribution in [3.63, 3.8) is 0 Å². The summed E-state index contributed by atoms with van der Waals surface area (Å²) in [6, 6.07) is 0. The standard InChI is InChI=1S/4ClH.2H3N.Pt/h4*1H;2*1H3;/q;;;;;;+2/p-4. The largest absolute Gasteiger partial charge is 2.00 e. The summed E-state index contributed by atoms with van der Waals surface area (Å²) in [7, 11) is 0. The maximum Gasteiger partial charge on any atom is 2.00 e. The number of hydrogen-bond acceptors (Lipinski definition) is 2. The fraction of sp³-hybridized carbons (Fsp3) is 0. The smallest absolute Gasteiger partial charge is 1.00 e. The maximum atomic E-state index is 0. The van der Waals surface area contributed by atoms with Gasteiger partial charge in [0.1, 0.15) is 0 Å². The molecule has 0 rings (SSSR count). The molecule has 2 nitrogen and oxygen atoms in total. The fourth-order valence-corrected chi connectivity index (χ4v) is 0. The molecule has 0 saturated heterocycles. The Balaban J connectivity index is 0. The van der Waals surface area contributed by atoms with E-state index in [0.29, 0.717) is 0 Å². The van der Waals surface area contributed by atoms with E-state index in [2.05, 4.69) is 0 Å². The molecule has 0 radical (unpaired) electrons. The van der Waals surface area contributed by atoms with E-state index in [1.54, 1.807) is 0 Å². The minimum Gasteiger partial charge on any atom is -1.00 e. The van der Waals surface area contributed by atoms with Crippen LogP contribution in [0, 0.1) is 0 Å². The van der Waals surface area contributed by atoms with Crippen molar-refractivity contribution >= 4 is 0 Å². The molecular weight excluding hydrogens is 365 g/mol. The SMILES string of the molecule is N.N.[Cl-].[Cl-].[Cl-].[Cl-].[Pt+2]. The fourth-order valence-electron chi connectivity index (χ4n) is 0. The van der Waals surface area contributed by atoms with Crippen molar-refractivity contribution < 1.29 is 70.7 Å². The molecule has 0 spiro atoms. The summed E-state index contributed by atoms with van der Waals surface area (Å²) in [6.07, 6.45) is 0. The molecule has 7 heteroatoms. The Morgan fingerprint density at radius 1 is 0.429 bits per heavy atom. The van der Waals surface area contributed by atoms with Crippen molar-refractivity contribution in [2.24, 2.45) is 0 Å². The van der Waals surface area contributed by atoms with Crippen LogP contribution in [0.5, 0.6) is 0 Å². The van der Waals surface area contributed by atoms with Gasteiger partial charge in [-0.3, -0.25) is 0 Å². The summed E-state index contributed by atoms with van der Waals surface area (Å²) in [5.74, 6) is 0. The van der Waals surface area contributed by atoms with Crippen molar-refractivity contribution in [1.82, 2.24) is 12.3 Å². The van der Waals surface area contributed by atoms with Crippen molar-refractivity contribution in [2.75, 3.05) is 0 Å². The minimum atomic E-state index is 0. The normalized spacial score (nSPS) is 0. The molecule has 0 fully saturated rings. The van der Waals surface area contributed by atoms with E-state index in [0.717, 1.165) is 0 Å². The first-order chi connectivity index (χ1) is 0. The van der Waals surface area contributed by atoms with Crippen molar-refractivity contribution in [3.8, 4) is 0 Å². The van der Waals surface area contributed by atoms with Gasteiger partial charge < -0.3 is 61.9 Å². The molecule has 0 amide bonds. The van der Waals surface area contributed by atoms with Crippen LogP contribution >= 0.6 is 0 Å². The van der Waals surface area contributed by atoms with Crippen LogP contribution in [0.25, 0.3) is 0 Å². The third-order valence-electron chi connectivity index (χ3n) is 0. The van der Waals surface area contributed by atoms with Crippen LogP contribution in [-0.4, -0.2) is 0 Å². The van der Waals surface area contributed by atoms with E-state index in [9.17, 15) is 0 Å². The van der Waals surface area contributed by atoms with Crippen molar-refractivity contribution in [1.29, 1.82) is 0 Å². The molecule has 0 bridgehead atoms. The Kier molecular flexibility index (Phi) is 2750. The minimum absolute atomic E-state index is 0. The van der Waals surface area contributed by atoms with E-state index in [4.69, 9.17) is 0 Å². The van der Waals surface area contributed by atoms with Gasteiger partial charge in [0.05, 0.1) is 0 Å². The molecule has 6 N–H and O–H groups in total. The van der Waals surface area contributed by atoms with Gasteiger partial charge in [-0.2, -0.15) is 0 Å². The van der Waals surface area contributed by atoms with Gasteiger partial charge in [-0.25, -0.2) is 0 Å².